The fourth-order valence-corrected chi connectivity index (χ4v) is 3.22. The van der Waals surface area contributed by atoms with Crippen molar-refractivity contribution in [3.8, 4) is 0 Å². The number of nitrogens with zero attached hydrogens (tertiary/aromatic N) is 4. The third-order valence-electron chi connectivity index (χ3n) is 3.91. The van der Waals surface area contributed by atoms with E-state index in [1.807, 2.05) is 13.0 Å². The summed E-state index contributed by atoms with van der Waals surface area (Å²) in [5.41, 5.74) is 0.857. The van der Waals surface area contributed by atoms with E-state index in [0.29, 0.717) is 19.6 Å². The molecule has 0 bridgehead atoms. The average molecular weight is 344 g/mol. The van der Waals surface area contributed by atoms with E-state index >= 15 is 0 Å². The minimum Gasteiger partial charge on any atom is -0.360 e. The van der Waals surface area contributed by atoms with Gasteiger partial charge in [-0.2, -0.15) is 0 Å². The van der Waals surface area contributed by atoms with Gasteiger partial charge >= 0.3 is 0 Å². The number of rotatable bonds is 6. The lowest BCUT2D eigenvalue weighted by Crippen LogP contribution is -2.48. The molecule has 1 fully saturated rings. The molecule has 1 aliphatic rings. The van der Waals surface area contributed by atoms with Crippen LogP contribution in [0.25, 0.3) is 0 Å². The Hall–Kier alpha value is -1.45. The van der Waals surface area contributed by atoms with Crippen LogP contribution in [0.15, 0.2) is 10.6 Å². The molecule has 1 aromatic rings. The second kappa shape index (κ2) is 7.41. The molecule has 0 atom stereocenters. The van der Waals surface area contributed by atoms with Gasteiger partial charge in [0.15, 0.2) is 5.76 Å². The summed E-state index contributed by atoms with van der Waals surface area (Å²) in [5, 5.41) is 3.86. The van der Waals surface area contributed by atoms with E-state index in [9.17, 15) is 13.2 Å². The highest BCUT2D eigenvalue weighted by molar-refractivity contribution is 7.89. The number of aryl methyl sites for hydroxylation is 1. The van der Waals surface area contributed by atoms with Crippen molar-refractivity contribution in [2.45, 2.75) is 19.9 Å². The molecule has 0 spiro atoms. The Kier molecular flexibility index (Phi) is 5.77. The van der Waals surface area contributed by atoms with Crippen LogP contribution in [-0.2, 0) is 21.4 Å². The highest BCUT2D eigenvalue weighted by Gasteiger charge is 2.24. The zero-order valence-electron chi connectivity index (χ0n) is 13.9. The van der Waals surface area contributed by atoms with E-state index in [0.717, 1.165) is 28.8 Å². The van der Waals surface area contributed by atoms with Crippen LogP contribution in [0.3, 0.4) is 0 Å². The van der Waals surface area contributed by atoms with Crippen LogP contribution >= 0.6 is 0 Å². The smallest absolute Gasteiger partial charge is 0.223 e. The Labute approximate surface area is 137 Å². The van der Waals surface area contributed by atoms with Gasteiger partial charge in [0.25, 0.3) is 0 Å². The normalized spacial score (nSPS) is 17.0. The summed E-state index contributed by atoms with van der Waals surface area (Å²) >= 11 is 0. The highest BCUT2D eigenvalue weighted by Crippen LogP contribution is 2.11. The van der Waals surface area contributed by atoms with Crippen molar-refractivity contribution in [1.82, 2.24) is 19.3 Å². The van der Waals surface area contributed by atoms with Crippen molar-refractivity contribution < 1.29 is 17.7 Å². The molecule has 0 saturated carbocycles. The molecule has 1 amide bonds. The molecule has 0 N–H and O–H groups in total. The monoisotopic (exact) mass is 344 g/mol. The molecular formula is C14H24N4O4S. The molecule has 0 aromatic carbocycles. The summed E-state index contributed by atoms with van der Waals surface area (Å²) in [4.78, 5) is 16.1. The molecule has 0 aliphatic carbocycles. The Balaban J connectivity index is 1.76. The maximum Gasteiger partial charge on any atom is 0.223 e. The molecule has 1 aliphatic heterocycles. The standard InChI is InChI=1S/C14H24N4O4S/c1-12-10-13(22-15-12)11-17-5-7-18(8-6-17)14(19)4-9-23(20,21)16(2)3/h10H,4-9,11H2,1-3H3. The van der Waals surface area contributed by atoms with Crippen molar-refractivity contribution in [3.05, 3.63) is 17.5 Å². The molecule has 2 rings (SSSR count). The number of carbonyl (C=O) groups excluding carboxylic acids is 1. The third kappa shape index (κ3) is 5.02. The largest absolute Gasteiger partial charge is 0.360 e. The molecule has 130 valence electrons. The summed E-state index contributed by atoms with van der Waals surface area (Å²) < 4.78 is 29.8. The van der Waals surface area contributed by atoms with E-state index in [4.69, 9.17) is 4.52 Å². The topological polar surface area (TPSA) is 87.0 Å². The van der Waals surface area contributed by atoms with Crippen LogP contribution in [0.4, 0.5) is 0 Å². The molecule has 1 saturated heterocycles. The number of amides is 1. The first kappa shape index (κ1) is 17.9. The predicted octanol–water partition coefficient (Wildman–Crippen LogP) is -0.0913. The first-order chi connectivity index (χ1) is 10.8. The fraction of sp³-hybridized carbons (Fsp3) is 0.714. The molecule has 9 heteroatoms. The molecular weight excluding hydrogens is 320 g/mol. The molecule has 1 aromatic heterocycles. The van der Waals surface area contributed by atoms with Crippen LogP contribution < -0.4 is 0 Å². The zero-order valence-corrected chi connectivity index (χ0v) is 14.7. The van der Waals surface area contributed by atoms with Crippen molar-refractivity contribution in [2.24, 2.45) is 0 Å². The first-order valence-electron chi connectivity index (χ1n) is 7.60. The van der Waals surface area contributed by atoms with Crippen molar-refractivity contribution in [1.29, 1.82) is 0 Å². The minimum absolute atomic E-state index is 0.0296. The quantitative estimate of drug-likeness (QED) is 0.717. The maximum absolute atomic E-state index is 12.1. The fourth-order valence-electron chi connectivity index (χ4n) is 2.42. The number of piperazine rings is 1. The van der Waals surface area contributed by atoms with E-state index in [-0.39, 0.29) is 18.1 Å². The van der Waals surface area contributed by atoms with Crippen LogP contribution in [0.2, 0.25) is 0 Å². The van der Waals surface area contributed by atoms with E-state index < -0.39 is 10.0 Å². The third-order valence-corrected chi connectivity index (χ3v) is 5.74. The van der Waals surface area contributed by atoms with Crippen LogP contribution in [0.5, 0.6) is 0 Å². The Bertz CT molecular complexity index is 633. The maximum atomic E-state index is 12.1. The lowest BCUT2D eigenvalue weighted by molar-refractivity contribution is -0.132. The SMILES string of the molecule is Cc1cc(CN2CCN(C(=O)CCS(=O)(=O)N(C)C)CC2)on1. The molecule has 0 unspecified atom stereocenters. The lowest BCUT2D eigenvalue weighted by atomic mass is 10.2. The number of aromatic nitrogens is 1. The Morgan fingerprint density at radius 3 is 2.48 bits per heavy atom. The number of hydrogen-bond donors (Lipinski definition) is 0. The van der Waals surface area contributed by atoms with Gasteiger partial charge < -0.3 is 9.42 Å². The van der Waals surface area contributed by atoms with Gasteiger partial charge in [-0.15, -0.1) is 0 Å². The summed E-state index contributed by atoms with van der Waals surface area (Å²) in [6, 6.07) is 1.91. The number of hydrogen-bond acceptors (Lipinski definition) is 6. The van der Waals surface area contributed by atoms with Gasteiger partial charge in [-0.05, 0) is 6.92 Å². The molecule has 8 nitrogen and oxygen atoms in total. The second-order valence-corrected chi connectivity index (χ2v) is 8.24. The summed E-state index contributed by atoms with van der Waals surface area (Å²) in [6.45, 7) is 5.25. The molecule has 23 heavy (non-hydrogen) atoms. The van der Waals surface area contributed by atoms with Crippen LogP contribution in [-0.4, -0.2) is 79.6 Å². The van der Waals surface area contributed by atoms with E-state index in [2.05, 4.69) is 10.1 Å². The van der Waals surface area contributed by atoms with Crippen LogP contribution in [0.1, 0.15) is 17.9 Å². The van der Waals surface area contributed by atoms with Gasteiger partial charge in [-0.1, -0.05) is 5.16 Å². The van der Waals surface area contributed by atoms with Gasteiger partial charge in [0.05, 0.1) is 18.0 Å². The van der Waals surface area contributed by atoms with E-state index in [1.165, 1.54) is 14.1 Å². The molecule has 2 heterocycles. The Morgan fingerprint density at radius 1 is 1.30 bits per heavy atom. The number of sulfonamides is 1. The molecule has 0 radical (unpaired) electrons. The number of carbonyl (C=O) groups is 1. The van der Waals surface area contributed by atoms with Crippen molar-refractivity contribution in [2.75, 3.05) is 46.0 Å². The average Bonchev–Trinajstić information content (AvgIpc) is 2.90. The summed E-state index contributed by atoms with van der Waals surface area (Å²) in [7, 11) is -0.373. The van der Waals surface area contributed by atoms with Gasteiger partial charge in [-0.3, -0.25) is 9.69 Å². The van der Waals surface area contributed by atoms with Gasteiger partial charge in [0.1, 0.15) is 0 Å². The minimum atomic E-state index is -3.32. The summed E-state index contributed by atoms with van der Waals surface area (Å²) in [5.74, 6) is 0.570. The first-order valence-corrected chi connectivity index (χ1v) is 9.21. The summed E-state index contributed by atoms with van der Waals surface area (Å²) in [6.07, 6.45) is 0.0296. The van der Waals surface area contributed by atoms with Crippen molar-refractivity contribution >= 4 is 15.9 Å². The van der Waals surface area contributed by atoms with Gasteiger partial charge in [-0.25, -0.2) is 12.7 Å². The van der Waals surface area contributed by atoms with Crippen LogP contribution in [0, 0.1) is 6.92 Å². The second-order valence-electron chi connectivity index (χ2n) is 5.94. The lowest BCUT2D eigenvalue weighted by Gasteiger charge is -2.34. The predicted molar refractivity (Wildman–Crippen MR) is 85.2 cm³/mol. The zero-order chi connectivity index (χ0) is 17.0. The van der Waals surface area contributed by atoms with E-state index in [1.54, 1.807) is 4.90 Å². The highest BCUT2D eigenvalue weighted by atomic mass is 32.2. The van der Waals surface area contributed by atoms with Gasteiger partial charge in [0, 0.05) is 52.8 Å². The van der Waals surface area contributed by atoms with Crippen molar-refractivity contribution in [3.63, 3.8) is 0 Å². The van der Waals surface area contributed by atoms with Gasteiger partial charge in [0.2, 0.25) is 15.9 Å². The Morgan fingerprint density at radius 2 is 1.96 bits per heavy atom.